The van der Waals surface area contributed by atoms with E-state index < -0.39 is 0 Å². The normalized spacial score (nSPS) is 10.9. The fraction of sp³-hybridized carbons (Fsp3) is 0.385. The van der Waals surface area contributed by atoms with Crippen LogP contribution in [-0.2, 0) is 0 Å². The van der Waals surface area contributed by atoms with Crippen molar-refractivity contribution in [1.82, 2.24) is 5.43 Å². The van der Waals surface area contributed by atoms with E-state index in [4.69, 9.17) is 17.0 Å². The van der Waals surface area contributed by atoms with E-state index in [1.807, 2.05) is 31.2 Å². The van der Waals surface area contributed by atoms with E-state index in [2.05, 4.69) is 22.8 Å². The highest BCUT2D eigenvalue weighted by Crippen LogP contribution is 2.14. The molecule has 0 heterocycles. The number of benzene rings is 1. The Bertz CT molecular complexity index is 415. The summed E-state index contributed by atoms with van der Waals surface area (Å²) in [5.74, 6) is 0.816. The van der Waals surface area contributed by atoms with Crippen molar-refractivity contribution in [2.24, 2.45) is 5.10 Å². The highest BCUT2D eigenvalue weighted by atomic mass is 32.1. The highest BCUT2D eigenvalue weighted by Gasteiger charge is 1.97. The van der Waals surface area contributed by atoms with Gasteiger partial charge >= 0.3 is 0 Å². The van der Waals surface area contributed by atoms with Crippen LogP contribution < -0.4 is 15.5 Å². The molecule has 0 atom stereocenters. The Labute approximate surface area is 113 Å². The van der Waals surface area contributed by atoms with Crippen LogP contribution in [0.15, 0.2) is 29.4 Å². The van der Waals surface area contributed by atoms with Crippen LogP contribution in [0.25, 0.3) is 0 Å². The lowest BCUT2D eigenvalue weighted by molar-refractivity contribution is 0.415. The Kier molecular flexibility index (Phi) is 6.14. The van der Waals surface area contributed by atoms with Crippen LogP contribution in [0.5, 0.6) is 5.75 Å². The summed E-state index contributed by atoms with van der Waals surface area (Å²) in [6.07, 6.45) is 2.05. The van der Waals surface area contributed by atoms with Crippen molar-refractivity contribution in [1.29, 1.82) is 0 Å². The van der Waals surface area contributed by atoms with Gasteiger partial charge in [0, 0.05) is 11.4 Å². The molecule has 0 aliphatic rings. The molecule has 0 fully saturated rings. The van der Waals surface area contributed by atoms with E-state index in [1.54, 1.807) is 7.11 Å². The summed E-state index contributed by atoms with van der Waals surface area (Å²) in [6.45, 7) is 4.10. The Morgan fingerprint density at radius 3 is 2.56 bits per heavy atom. The minimum atomic E-state index is 0.482. The van der Waals surface area contributed by atoms with E-state index in [0.29, 0.717) is 5.11 Å². The summed E-state index contributed by atoms with van der Waals surface area (Å²) in [4.78, 5) is 0. The smallest absolute Gasteiger partial charge is 0.191 e. The third-order valence-corrected chi connectivity index (χ3v) is 2.50. The molecule has 4 nitrogen and oxygen atoms in total. The number of hydrazone groups is 1. The number of ether oxygens (including phenoxy) is 1. The molecule has 2 N–H and O–H groups in total. The molecule has 1 aromatic rings. The first-order chi connectivity index (χ1) is 8.65. The molecule has 0 unspecified atom stereocenters. The third-order valence-electron chi connectivity index (χ3n) is 2.31. The lowest BCUT2D eigenvalue weighted by atomic mass is 10.2. The summed E-state index contributed by atoms with van der Waals surface area (Å²) in [7, 11) is 1.64. The van der Waals surface area contributed by atoms with Gasteiger partial charge in [-0.1, -0.05) is 13.3 Å². The number of anilines is 1. The fourth-order valence-corrected chi connectivity index (χ4v) is 1.56. The van der Waals surface area contributed by atoms with Gasteiger partial charge in [-0.05, 0) is 49.8 Å². The average Bonchev–Trinajstić information content (AvgIpc) is 2.38. The highest BCUT2D eigenvalue weighted by molar-refractivity contribution is 7.80. The molecular formula is C13H19N3OS. The topological polar surface area (TPSA) is 45.7 Å². The van der Waals surface area contributed by atoms with Crippen molar-refractivity contribution in [2.75, 3.05) is 12.4 Å². The number of hydrogen-bond donors (Lipinski definition) is 2. The molecular weight excluding hydrogens is 246 g/mol. The maximum atomic E-state index is 5.14. The summed E-state index contributed by atoms with van der Waals surface area (Å²) in [5, 5.41) is 7.71. The second-order valence-corrected chi connectivity index (χ2v) is 4.30. The van der Waals surface area contributed by atoms with Gasteiger partial charge in [0.15, 0.2) is 5.11 Å². The van der Waals surface area contributed by atoms with Crippen molar-refractivity contribution in [3.8, 4) is 5.75 Å². The number of nitrogens with zero attached hydrogens (tertiary/aromatic N) is 1. The first-order valence-corrected chi connectivity index (χ1v) is 6.30. The van der Waals surface area contributed by atoms with Crippen molar-refractivity contribution in [3.05, 3.63) is 24.3 Å². The quantitative estimate of drug-likeness (QED) is 0.488. The molecule has 0 aliphatic carbocycles. The van der Waals surface area contributed by atoms with Crippen molar-refractivity contribution >= 4 is 28.7 Å². The van der Waals surface area contributed by atoms with Crippen LogP contribution in [0.3, 0.4) is 0 Å². The van der Waals surface area contributed by atoms with Gasteiger partial charge in [0.25, 0.3) is 0 Å². The number of hydrogen-bond acceptors (Lipinski definition) is 3. The fourth-order valence-electron chi connectivity index (χ4n) is 1.40. The van der Waals surface area contributed by atoms with E-state index in [0.717, 1.165) is 30.0 Å². The summed E-state index contributed by atoms with van der Waals surface area (Å²) in [6, 6.07) is 7.54. The van der Waals surface area contributed by atoms with Gasteiger partial charge in [-0.3, -0.25) is 5.43 Å². The van der Waals surface area contributed by atoms with Crippen LogP contribution in [0, 0.1) is 0 Å². The molecule has 98 valence electrons. The molecule has 0 spiro atoms. The van der Waals surface area contributed by atoms with Crippen LogP contribution in [0.1, 0.15) is 26.7 Å². The summed E-state index contributed by atoms with van der Waals surface area (Å²) >= 11 is 5.14. The molecule has 1 aromatic carbocycles. The first-order valence-electron chi connectivity index (χ1n) is 5.90. The van der Waals surface area contributed by atoms with Gasteiger partial charge in [0.1, 0.15) is 5.75 Å². The Balaban J connectivity index is 2.46. The molecule has 5 heteroatoms. The van der Waals surface area contributed by atoms with Gasteiger partial charge in [-0.15, -0.1) is 0 Å². The number of thiocarbonyl (C=S) groups is 1. The monoisotopic (exact) mass is 265 g/mol. The summed E-state index contributed by atoms with van der Waals surface area (Å²) < 4.78 is 5.08. The Morgan fingerprint density at radius 1 is 1.33 bits per heavy atom. The Morgan fingerprint density at radius 2 is 2.00 bits per heavy atom. The number of rotatable bonds is 5. The molecule has 18 heavy (non-hydrogen) atoms. The maximum Gasteiger partial charge on any atom is 0.191 e. The van der Waals surface area contributed by atoms with Crippen molar-refractivity contribution in [2.45, 2.75) is 26.7 Å². The molecule has 1 rings (SSSR count). The molecule has 0 saturated heterocycles. The summed E-state index contributed by atoms with van der Waals surface area (Å²) in [5.41, 5.74) is 4.76. The van der Waals surface area contributed by atoms with Gasteiger partial charge in [0.2, 0.25) is 0 Å². The largest absolute Gasteiger partial charge is 0.497 e. The van der Waals surface area contributed by atoms with Gasteiger partial charge in [0.05, 0.1) is 7.11 Å². The Hall–Kier alpha value is -1.62. The molecule has 0 saturated carbocycles. The minimum absolute atomic E-state index is 0.482. The molecule has 0 aromatic heterocycles. The van der Waals surface area contributed by atoms with Crippen LogP contribution >= 0.6 is 12.2 Å². The molecule has 0 amide bonds. The van der Waals surface area contributed by atoms with Crippen LogP contribution in [-0.4, -0.2) is 17.9 Å². The van der Waals surface area contributed by atoms with E-state index in [1.165, 1.54) is 0 Å². The van der Waals surface area contributed by atoms with Crippen LogP contribution in [0.4, 0.5) is 5.69 Å². The van der Waals surface area contributed by atoms with E-state index >= 15 is 0 Å². The van der Waals surface area contributed by atoms with E-state index in [9.17, 15) is 0 Å². The second kappa shape index (κ2) is 7.66. The zero-order valence-electron chi connectivity index (χ0n) is 11.0. The van der Waals surface area contributed by atoms with E-state index in [-0.39, 0.29) is 0 Å². The first kappa shape index (κ1) is 14.4. The van der Waals surface area contributed by atoms with Crippen molar-refractivity contribution < 1.29 is 4.74 Å². The van der Waals surface area contributed by atoms with Gasteiger partial charge < -0.3 is 10.1 Å². The van der Waals surface area contributed by atoms with Crippen LogP contribution in [0.2, 0.25) is 0 Å². The molecule has 0 aliphatic heterocycles. The lowest BCUT2D eigenvalue weighted by Crippen LogP contribution is -2.24. The van der Waals surface area contributed by atoms with Gasteiger partial charge in [-0.25, -0.2) is 0 Å². The third kappa shape index (κ3) is 5.14. The zero-order valence-corrected chi connectivity index (χ0v) is 11.8. The standard InChI is InChI=1S/C13H19N3OS/c1-4-5-10(2)15-16-13(18)14-11-6-8-12(17-3)9-7-11/h6-9H,4-5H2,1-3H3,(H2,14,16,18)/b15-10-. The molecule has 0 radical (unpaired) electrons. The average molecular weight is 265 g/mol. The second-order valence-electron chi connectivity index (χ2n) is 3.89. The van der Waals surface area contributed by atoms with Gasteiger partial charge in [-0.2, -0.15) is 5.10 Å². The zero-order chi connectivity index (χ0) is 13.4. The molecule has 0 bridgehead atoms. The SMILES string of the molecule is CCC/C(C)=N\NC(=S)Nc1ccc(OC)cc1. The number of nitrogens with one attached hydrogen (secondary N) is 2. The maximum absolute atomic E-state index is 5.14. The lowest BCUT2D eigenvalue weighted by Gasteiger charge is -2.08. The van der Waals surface area contributed by atoms with Crippen molar-refractivity contribution in [3.63, 3.8) is 0 Å². The number of methoxy groups -OCH3 is 1. The predicted octanol–water partition coefficient (Wildman–Crippen LogP) is 3.16. The predicted molar refractivity (Wildman–Crippen MR) is 80.4 cm³/mol. The minimum Gasteiger partial charge on any atom is -0.497 e.